The molecule has 4 nitrogen and oxygen atoms in total. The second-order valence-corrected chi connectivity index (χ2v) is 6.64. The first kappa shape index (κ1) is 16.0. The highest BCUT2D eigenvalue weighted by Gasteiger charge is 2.28. The molecule has 1 aliphatic rings. The van der Waals surface area contributed by atoms with Gasteiger partial charge in [0, 0.05) is 18.8 Å². The first-order valence-corrected chi connectivity index (χ1v) is 7.51. The Balaban J connectivity index is 1.99. The lowest BCUT2D eigenvalue weighted by molar-refractivity contribution is -0.122. The van der Waals surface area contributed by atoms with Gasteiger partial charge in [0.2, 0.25) is 5.91 Å². The molecule has 0 saturated carbocycles. The number of carbonyl (C=O) groups excluding carboxylic acids is 1. The summed E-state index contributed by atoms with van der Waals surface area (Å²) >= 11 is 0. The fourth-order valence-electron chi connectivity index (χ4n) is 3.01. The average Bonchev–Trinajstić information content (AvgIpc) is 2.32. The summed E-state index contributed by atoms with van der Waals surface area (Å²) in [4.78, 5) is 14.4. The van der Waals surface area contributed by atoms with Crippen LogP contribution in [0.5, 0.6) is 0 Å². The molecule has 116 valence electrons. The second kappa shape index (κ2) is 6.16. The van der Waals surface area contributed by atoms with Gasteiger partial charge in [0.05, 0.1) is 18.8 Å². The molecule has 4 heteroatoms. The number of amides is 1. The van der Waals surface area contributed by atoms with E-state index < -0.39 is 0 Å². The third-order valence-corrected chi connectivity index (χ3v) is 3.81. The largest absolute Gasteiger partial charge is 0.373 e. The summed E-state index contributed by atoms with van der Waals surface area (Å²) in [5, 5.41) is 3.06. The van der Waals surface area contributed by atoms with Crippen LogP contribution < -0.4 is 5.32 Å². The number of nitrogens with one attached hydrogen (secondary N) is 1. The van der Waals surface area contributed by atoms with E-state index in [1.54, 1.807) is 0 Å². The fourth-order valence-corrected chi connectivity index (χ4v) is 3.01. The molecule has 2 rings (SSSR count). The zero-order valence-electron chi connectivity index (χ0n) is 13.7. The predicted molar refractivity (Wildman–Crippen MR) is 85.8 cm³/mol. The first-order valence-electron chi connectivity index (χ1n) is 7.51. The molecule has 0 spiro atoms. The molecule has 1 N–H and O–H groups in total. The third kappa shape index (κ3) is 4.29. The van der Waals surface area contributed by atoms with Crippen molar-refractivity contribution in [1.29, 1.82) is 0 Å². The number of hydrogen-bond donors (Lipinski definition) is 1. The minimum Gasteiger partial charge on any atom is -0.373 e. The average molecular weight is 290 g/mol. The maximum atomic E-state index is 12.3. The molecule has 1 aromatic carbocycles. The number of carbonyl (C=O) groups is 1. The van der Waals surface area contributed by atoms with Crippen molar-refractivity contribution in [1.82, 2.24) is 4.90 Å². The highest BCUT2D eigenvalue weighted by Crippen LogP contribution is 2.22. The highest BCUT2D eigenvalue weighted by molar-refractivity contribution is 5.93. The van der Waals surface area contributed by atoms with E-state index in [-0.39, 0.29) is 11.5 Å². The van der Waals surface area contributed by atoms with Crippen LogP contribution in [0.25, 0.3) is 0 Å². The van der Waals surface area contributed by atoms with Gasteiger partial charge in [-0.15, -0.1) is 0 Å². The van der Waals surface area contributed by atoms with Gasteiger partial charge in [0.25, 0.3) is 0 Å². The number of hydrogen-bond acceptors (Lipinski definition) is 3. The number of ether oxygens (including phenoxy) is 1. The van der Waals surface area contributed by atoms with Crippen molar-refractivity contribution in [3.8, 4) is 0 Å². The standard InChI is InChI=1S/C17H26N2O2/c1-12-8-13(2)16(14(3)9-12)18-15(20)10-19-6-7-21-17(4,5)11-19/h8-9H,6-7,10-11H2,1-5H3,(H,18,20). The number of nitrogens with zero attached hydrogens (tertiary/aromatic N) is 1. The maximum absolute atomic E-state index is 12.3. The van der Waals surface area contributed by atoms with Crippen molar-refractivity contribution in [2.75, 3.05) is 31.6 Å². The van der Waals surface area contributed by atoms with Crippen molar-refractivity contribution in [3.05, 3.63) is 28.8 Å². The molecule has 1 fully saturated rings. The molecule has 21 heavy (non-hydrogen) atoms. The Morgan fingerprint density at radius 2 is 1.90 bits per heavy atom. The van der Waals surface area contributed by atoms with Crippen LogP contribution in [-0.4, -0.2) is 42.6 Å². The molecule has 0 aliphatic carbocycles. The van der Waals surface area contributed by atoms with Crippen molar-refractivity contribution in [3.63, 3.8) is 0 Å². The fraction of sp³-hybridized carbons (Fsp3) is 0.588. The lowest BCUT2D eigenvalue weighted by Crippen LogP contribution is -2.50. The lowest BCUT2D eigenvalue weighted by Gasteiger charge is -2.37. The van der Waals surface area contributed by atoms with Gasteiger partial charge in [-0.25, -0.2) is 0 Å². The number of aryl methyl sites for hydroxylation is 3. The van der Waals surface area contributed by atoms with Crippen molar-refractivity contribution in [2.24, 2.45) is 0 Å². The topological polar surface area (TPSA) is 41.6 Å². The van der Waals surface area contributed by atoms with Gasteiger partial charge in [0.1, 0.15) is 0 Å². The van der Waals surface area contributed by atoms with Crippen LogP contribution >= 0.6 is 0 Å². The molecule has 0 aromatic heterocycles. The minimum atomic E-state index is -0.172. The Morgan fingerprint density at radius 3 is 2.48 bits per heavy atom. The summed E-state index contributed by atoms with van der Waals surface area (Å²) in [5.41, 5.74) is 4.22. The normalized spacial score (nSPS) is 18.5. The zero-order chi connectivity index (χ0) is 15.6. The second-order valence-electron chi connectivity index (χ2n) is 6.64. The van der Waals surface area contributed by atoms with E-state index in [9.17, 15) is 4.79 Å². The summed E-state index contributed by atoms with van der Waals surface area (Å²) < 4.78 is 5.67. The Labute approximate surface area is 127 Å². The Morgan fingerprint density at radius 1 is 1.29 bits per heavy atom. The van der Waals surface area contributed by atoms with E-state index in [1.807, 2.05) is 13.8 Å². The molecular formula is C17H26N2O2. The van der Waals surface area contributed by atoms with Crippen molar-refractivity contribution in [2.45, 2.75) is 40.2 Å². The number of rotatable bonds is 3. The molecule has 0 unspecified atom stereocenters. The summed E-state index contributed by atoms with van der Waals surface area (Å²) in [6.07, 6.45) is 0. The van der Waals surface area contributed by atoms with Crippen LogP contribution in [0, 0.1) is 20.8 Å². The van der Waals surface area contributed by atoms with E-state index in [0.29, 0.717) is 13.2 Å². The van der Waals surface area contributed by atoms with Crippen LogP contribution in [-0.2, 0) is 9.53 Å². The van der Waals surface area contributed by atoms with E-state index >= 15 is 0 Å². The Hall–Kier alpha value is -1.39. The maximum Gasteiger partial charge on any atom is 0.238 e. The quantitative estimate of drug-likeness (QED) is 0.930. The predicted octanol–water partition coefficient (Wildman–Crippen LogP) is 2.66. The van der Waals surface area contributed by atoms with Crippen molar-refractivity contribution >= 4 is 11.6 Å². The summed E-state index contributed by atoms with van der Waals surface area (Å²) in [7, 11) is 0. The van der Waals surface area contributed by atoms with Crippen molar-refractivity contribution < 1.29 is 9.53 Å². The molecule has 1 amide bonds. The molecule has 1 heterocycles. The molecule has 0 atom stereocenters. The van der Waals surface area contributed by atoms with Crippen LogP contribution in [0.3, 0.4) is 0 Å². The molecule has 0 bridgehead atoms. The lowest BCUT2D eigenvalue weighted by atomic mass is 10.0. The summed E-state index contributed by atoms with van der Waals surface area (Å²) in [6, 6.07) is 4.20. The van der Waals surface area contributed by atoms with Crippen LogP contribution in [0.4, 0.5) is 5.69 Å². The molecule has 0 radical (unpaired) electrons. The minimum absolute atomic E-state index is 0.0442. The summed E-state index contributed by atoms with van der Waals surface area (Å²) in [6.45, 7) is 13.0. The van der Waals surface area contributed by atoms with Gasteiger partial charge in [-0.3, -0.25) is 9.69 Å². The van der Waals surface area contributed by atoms with E-state index in [1.165, 1.54) is 5.56 Å². The van der Waals surface area contributed by atoms with Gasteiger partial charge in [-0.05, 0) is 45.7 Å². The molecule has 1 saturated heterocycles. The molecular weight excluding hydrogens is 264 g/mol. The van der Waals surface area contributed by atoms with Crippen LogP contribution in [0.2, 0.25) is 0 Å². The van der Waals surface area contributed by atoms with E-state index in [0.717, 1.165) is 29.9 Å². The van der Waals surface area contributed by atoms with Crippen LogP contribution in [0.15, 0.2) is 12.1 Å². The Kier molecular flexibility index (Phi) is 4.69. The third-order valence-electron chi connectivity index (χ3n) is 3.81. The van der Waals surface area contributed by atoms with Gasteiger partial charge >= 0.3 is 0 Å². The zero-order valence-corrected chi connectivity index (χ0v) is 13.7. The Bertz CT molecular complexity index is 515. The smallest absolute Gasteiger partial charge is 0.238 e. The van der Waals surface area contributed by atoms with Gasteiger partial charge in [0.15, 0.2) is 0 Å². The van der Waals surface area contributed by atoms with Crippen LogP contribution in [0.1, 0.15) is 30.5 Å². The van der Waals surface area contributed by atoms with Gasteiger partial charge in [-0.2, -0.15) is 0 Å². The number of anilines is 1. The van der Waals surface area contributed by atoms with Gasteiger partial charge in [-0.1, -0.05) is 17.7 Å². The highest BCUT2D eigenvalue weighted by atomic mass is 16.5. The van der Waals surface area contributed by atoms with Gasteiger partial charge < -0.3 is 10.1 Å². The SMILES string of the molecule is Cc1cc(C)c(NC(=O)CN2CCOC(C)(C)C2)c(C)c1. The van der Waals surface area contributed by atoms with E-state index in [4.69, 9.17) is 4.74 Å². The molecule has 1 aliphatic heterocycles. The number of morpholine rings is 1. The first-order chi connectivity index (χ1) is 9.77. The van der Waals surface area contributed by atoms with E-state index in [2.05, 4.69) is 43.1 Å². The number of benzene rings is 1. The molecule has 1 aromatic rings. The summed E-state index contributed by atoms with van der Waals surface area (Å²) in [5.74, 6) is 0.0442. The monoisotopic (exact) mass is 290 g/mol.